The third kappa shape index (κ3) is 3.83. The molecule has 0 aromatic heterocycles. The van der Waals surface area contributed by atoms with Gasteiger partial charge in [-0.15, -0.1) is 0 Å². The molecule has 126 valence electrons. The summed E-state index contributed by atoms with van der Waals surface area (Å²) in [6.07, 6.45) is 11.5. The van der Waals surface area contributed by atoms with Gasteiger partial charge in [-0.2, -0.15) is 0 Å². The van der Waals surface area contributed by atoms with Crippen LogP contribution in [0.2, 0.25) is 0 Å². The maximum absolute atomic E-state index is 12.9. The van der Waals surface area contributed by atoms with Crippen LogP contribution in [0.3, 0.4) is 0 Å². The van der Waals surface area contributed by atoms with E-state index in [0.29, 0.717) is 24.5 Å². The van der Waals surface area contributed by atoms with E-state index in [1.165, 1.54) is 57.8 Å². The smallest absolute Gasteiger partial charge is 0.237 e. The molecule has 1 N–H and O–H groups in total. The highest BCUT2D eigenvalue weighted by Gasteiger charge is 2.36. The van der Waals surface area contributed by atoms with Crippen molar-refractivity contribution in [1.29, 1.82) is 0 Å². The van der Waals surface area contributed by atoms with Crippen molar-refractivity contribution in [2.45, 2.75) is 69.9 Å². The van der Waals surface area contributed by atoms with Crippen molar-refractivity contribution in [3.63, 3.8) is 0 Å². The van der Waals surface area contributed by atoms with Crippen LogP contribution in [-0.2, 0) is 4.79 Å². The fraction of sp³-hybridized carbons (Fsp3) is 0.944. The van der Waals surface area contributed by atoms with Crippen LogP contribution in [-0.4, -0.2) is 61.0 Å². The van der Waals surface area contributed by atoms with E-state index in [-0.39, 0.29) is 0 Å². The number of amides is 1. The van der Waals surface area contributed by atoms with Crippen LogP contribution in [0.4, 0.5) is 0 Å². The van der Waals surface area contributed by atoms with E-state index >= 15 is 0 Å². The van der Waals surface area contributed by atoms with Gasteiger partial charge in [0.1, 0.15) is 0 Å². The second kappa shape index (κ2) is 7.78. The zero-order valence-electron chi connectivity index (χ0n) is 14.2. The number of nitrogens with one attached hydrogen (secondary N) is 1. The summed E-state index contributed by atoms with van der Waals surface area (Å²) in [6, 6.07) is 1.13. The van der Waals surface area contributed by atoms with Gasteiger partial charge in [-0.25, -0.2) is 0 Å². The molecule has 0 bridgehead atoms. The first-order valence-electron chi connectivity index (χ1n) is 9.46. The Balaban J connectivity index is 1.55. The van der Waals surface area contributed by atoms with E-state index in [9.17, 15) is 4.79 Å². The Kier molecular flexibility index (Phi) is 5.75. The molecule has 2 saturated heterocycles. The molecule has 0 spiro atoms. The quantitative estimate of drug-likeness (QED) is 0.868. The van der Waals surface area contributed by atoms with Gasteiger partial charge in [0.15, 0.2) is 0 Å². The Bertz CT molecular complexity index is 363. The first-order chi connectivity index (χ1) is 10.8. The largest absolute Gasteiger partial charge is 0.338 e. The first-order valence-corrected chi connectivity index (χ1v) is 9.46. The van der Waals surface area contributed by atoms with E-state index in [4.69, 9.17) is 0 Å². The first kappa shape index (κ1) is 16.3. The van der Waals surface area contributed by atoms with Gasteiger partial charge in [-0.05, 0) is 71.0 Å². The summed E-state index contributed by atoms with van der Waals surface area (Å²) in [5.41, 5.74) is 0. The molecule has 3 atom stereocenters. The van der Waals surface area contributed by atoms with E-state index in [1.54, 1.807) is 0 Å². The monoisotopic (exact) mass is 307 g/mol. The van der Waals surface area contributed by atoms with Crippen molar-refractivity contribution in [2.24, 2.45) is 5.92 Å². The SMILES string of the molecule is CN(CC(=O)N1CCCC2CCCCC21)C1CCCNCC1. The zero-order valence-corrected chi connectivity index (χ0v) is 14.2. The molecule has 3 fully saturated rings. The van der Waals surface area contributed by atoms with E-state index in [1.807, 2.05) is 0 Å². The number of carbonyl (C=O) groups excluding carboxylic acids is 1. The molecule has 4 nitrogen and oxygen atoms in total. The standard InChI is InChI=1S/C18H33N3O/c1-20(16-8-4-11-19-12-10-16)14-18(22)21-13-5-7-15-6-2-3-9-17(15)21/h15-17,19H,2-14H2,1H3. The third-order valence-corrected chi connectivity index (χ3v) is 6.12. The van der Waals surface area contributed by atoms with Crippen LogP contribution in [0.5, 0.6) is 0 Å². The molecule has 22 heavy (non-hydrogen) atoms. The highest BCUT2D eigenvalue weighted by molar-refractivity contribution is 5.78. The second-order valence-corrected chi connectivity index (χ2v) is 7.59. The Morgan fingerprint density at radius 1 is 1.05 bits per heavy atom. The number of rotatable bonds is 3. The van der Waals surface area contributed by atoms with E-state index in [0.717, 1.165) is 25.6 Å². The van der Waals surface area contributed by atoms with Gasteiger partial charge in [-0.1, -0.05) is 12.8 Å². The molecule has 3 unspecified atom stereocenters. The molecule has 3 rings (SSSR count). The number of carbonyl (C=O) groups is 1. The van der Waals surface area contributed by atoms with Gasteiger partial charge in [-0.3, -0.25) is 9.69 Å². The van der Waals surface area contributed by atoms with Crippen LogP contribution in [0.25, 0.3) is 0 Å². The molecule has 1 aliphatic carbocycles. The molecule has 1 amide bonds. The summed E-state index contributed by atoms with van der Waals surface area (Å²) < 4.78 is 0. The third-order valence-electron chi connectivity index (χ3n) is 6.12. The van der Waals surface area contributed by atoms with Crippen LogP contribution in [0.15, 0.2) is 0 Å². The van der Waals surface area contributed by atoms with Crippen molar-refractivity contribution < 1.29 is 4.79 Å². The van der Waals surface area contributed by atoms with Crippen LogP contribution >= 0.6 is 0 Å². The molecular weight excluding hydrogens is 274 g/mol. The number of likely N-dealkylation sites (tertiary alicyclic amines) is 1. The van der Waals surface area contributed by atoms with Crippen molar-refractivity contribution in [3.8, 4) is 0 Å². The average Bonchev–Trinajstić information content (AvgIpc) is 2.83. The summed E-state index contributed by atoms with van der Waals surface area (Å²) in [5, 5.41) is 3.46. The lowest BCUT2D eigenvalue weighted by molar-refractivity contribution is -0.139. The Morgan fingerprint density at radius 2 is 1.86 bits per heavy atom. The predicted molar refractivity (Wildman–Crippen MR) is 89.8 cm³/mol. The Morgan fingerprint density at radius 3 is 2.77 bits per heavy atom. The molecular formula is C18H33N3O. The van der Waals surface area contributed by atoms with Crippen molar-refractivity contribution in [3.05, 3.63) is 0 Å². The van der Waals surface area contributed by atoms with Crippen molar-refractivity contribution in [2.75, 3.05) is 33.2 Å². The lowest BCUT2D eigenvalue weighted by Crippen LogP contribution is -2.53. The van der Waals surface area contributed by atoms with Gasteiger partial charge < -0.3 is 10.2 Å². The summed E-state index contributed by atoms with van der Waals surface area (Å²) in [7, 11) is 2.15. The maximum Gasteiger partial charge on any atom is 0.237 e. The van der Waals surface area contributed by atoms with Gasteiger partial charge in [0, 0.05) is 18.6 Å². The highest BCUT2D eigenvalue weighted by atomic mass is 16.2. The van der Waals surface area contributed by atoms with Gasteiger partial charge in [0.25, 0.3) is 0 Å². The van der Waals surface area contributed by atoms with Crippen molar-refractivity contribution in [1.82, 2.24) is 15.1 Å². The number of nitrogens with zero attached hydrogens (tertiary/aromatic N) is 2. The minimum absolute atomic E-state index is 0.385. The van der Waals surface area contributed by atoms with Gasteiger partial charge >= 0.3 is 0 Å². The summed E-state index contributed by atoms with van der Waals surface area (Å²) >= 11 is 0. The number of hydrogen-bond acceptors (Lipinski definition) is 3. The highest BCUT2D eigenvalue weighted by Crippen LogP contribution is 2.35. The van der Waals surface area contributed by atoms with Crippen LogP contribution in [0.1, 0.15) is 57.8 Å². The molecule has 0 aromatic rings. The summed E-state index contributed by atoms with van der Waals surface area (Å²) in [6.45, 7) is 3.85. The fourth-order valence-electron chi connectivity index (χ4n) is 4.81. The van der Waals surface area contributed by atoms with Crippen LogP contribution < -0.4 is 5.32 Å². The minimum Gasteiger partial charge on any atom is -0.338 e. The summed E-state index contributed by atoms with van der Waals surface area (Å²) in [5.74, 6) is 1.18. The van der Waals surface area contributed by atoms with E-state index in [2.05, 4.69) is 22.2 Å². The average molecular weight is 307 g/mol. The molecule has 3 aliphatic rings. The molecule has 4 heteroatoms. The number of likely N-dealkylation sites (N-methyl/N-ethyl adjacent to an activating group) is 1. The molecule has 1 saturated carbocycles. The zero-order chi connectivity index (χ0) is 15.4. The lowest BCUT2D eigenvalue weighted by atomic mass is 9.78. The lowest BCUT2D eigenvalue weighted by Gasteiger charge is -2.44. The number of fused-ring (bicyclic) bond motifs is 1. The predicted octanol–water partition coefficient (Wildman–Crippen LogP) is 2.24. The minimum atomic E-state index is 0.385. The van der Waals surface area contributed by atoms with Crippen molar-refractivity contribution >= 4 is 5.91 Å². The Labute approximate surface area is 135 Å². The maximum atomic E-state index is 12.9. The normalized spacial score (nSPS) is 33.4. The molecule has 0 radical (unpaired) electrons. The topological polar surface area (TPSA) is 35.6 Å². The van der Waals surface area contributed by atoms with Gasteiger partial charge in [0.2, 0.25) is 5.91 Å². The summed E-state index contributed by atoms with van der Waals surface area (Å²) in [4.78, 5) is 17.4. The fourth-order valence-corrected chi connectivity index (χ4v) is 4.81. The molecule has 0 aromatic carbocycles. The molecule has 2 heterocycles. The number of hydrogen-bond donors (Lipinski definition) is 1. The van der Waals surface area contributed by atoms with Crippen LogP contribution in [0, 0.1) is 5.92 Å². The number of piperidine rings is 1. The Hall–Kier alpha value is -0.610. The van der Waals surface area contributed by atoms with E-state index < -0.39 is 0 Å². The molecule has 2 aliphatic heterocycles. The second-order valence-electron chi connectivity index (χ2n) is 7.59. The van der Waals surface area contributed by atoms with Gasteiger partial charge in [0.05, 0.1) is 6.54 Å².